The molecule has 98 valence electrons. The van der Waals surface area contributed by atoms with Gasteiger partial charge < -0.3 is 14.8 Å². The smallest absolute Gasteiger partial charge is 0.408 e. The molecule has 0 spiro atoms. The average molecular weight is 251 g/mol. The van der Waals surface area contributed by atoms with Crippen LogP contribution in [0.3, 0.4) is 0 Å². The largest absolute Gasteiger partial charge is 0.464 e. The van der Waals surface area contributed by atoms with E-state index in [9.17, 15) is 18.4 Å². The van der Waals surface area contributed by atoms with E-state index in [1.807, 2.05) is 5.32 Å². The Hall–Kier alpha value is -1.66. The second-order valence-electron chi connectivity index (χ2n) is 4.07. The van der Waals surface area contributed by atoms with Crippen molar-refractivity contribution in [1.82, 2.24) is 5.32 Å². The van der Waals surface area contributed by atoms with Crippen molar-refractivity contribution in [1.29, 1.82) is 0 Å². The summed E-state index contributed by atoms with van der Waals surface area (Å²) in [7, 11) is 0.913. The van der Waals surface area contributed by atoms with E-state index in [0.717, 1.165) is 7.11 Å². The summed E-state index contributed by atoms with van der Waals surface area (Å²) in [5.74, 6) is -4.54. The topological polar surface area (TPSA) is 64.6 Å². The number of alkyl carbamates (subject to hydrolysis) is 1. The minimum absolute atomic E-state index is 0.745. The molecule has 0 saturated carbocycles. The van der Waals surface area contributed by atoms with Crippen LogP contribution in [-0.4, -0.2) is 31.3 Å². The van der Waals surface area contributed by atoms with E-state index < -0.39 is 35.9 Å². The number of carbonyl (C=O) groups is 2. The van der Waals surface area contributed by atoms with Gasteiger partial charge in [0.15, 0.2) is 5.83 Å². The number of amides is 1. The van der Waals surface area contributed by atoms with Gasteiger partial charge in [0.25, 0.3) is 0 Å². The molecule has 0 aromatic rings. The quantitative estimate of drug-likeness (QED) is 0.614. The highest BCUT2D eigenvalue weighted by Gasteiger charge is 2.19. The van der Waals surface area contributed by atoms with Crippen molar-refractivity contribution >= 4 is 12.1 Å². The maximum atomic E-state index is 13.0. The van der Waals surface area contributed by atoms with Gasteiger partial charge in [0.05, 0.1) is 13.7 Å². The monoisotopic (exact) mass is 251 g/mol. The van der Waals surface area contributed by atoms with Crippen molar-refractivity contribution in [2.45, 2.75) is 26.4 Å². The van der Waals surface area contributed by atoms with Gasteiger partial charge in [0, 0.05) is 0 Å². The number of esters is 1. The van der Waals surface area contributed by atoms with Crippen LogP contribution in [0, 0.1) is 0 Å². The fraction of sp³-hybridized carbons (Fsp3) is 0.600. The van der Waals surface area contributed by atoms with E-state index in [0.29, 0.717) is 0 Å². The summed E-state index contributed by atoms with van der Waals surface area (Å²) >= 11 is 0. The third-order valence-corrected chi connectivity index (χ3v) is 1.39. The lowest BCUT2D eigenvalue weighted by Crippen LogP contribution is -2.33. The van der Waals surface area contributed by atoms with E-state index in [4.69, 9.17) is 4.74 Å². The Kier molecular flexibility index (Phi) is 5.57. The number of carbonyl (C=O) groups excluding carboxylic acids is 2. The highest BCUT2D eigenvalue weighted by atomic mass is 19.2. The van der Waals surface area contributed by atoms with Crippen LogP contribution in [0.4, 0.5) is 13.6 Å². The number of hydrogen-bond donors (Lipinski definition) is 1. The van der Waals surface area contributed by atoms with Gasteiger partial charge in [0.1, 0.15) is 5.60 Å². The Morgan fingerprint density at radius 1 is 1.24 bits per heavy atom. The van der Waals surface area contributed by atoms with Crippen LogP contribution in [0.1, 0.15) is 20.8 Å². The van der Waals surface area contributed by atoms with Crippen LogP contribution in [0.5, 0.6) is 0 Å². The predicted molar refractivity (Wildman–Crippen MR) is 55.5 cm³/mol. The molecule has 0 aromatic heterocycles. The first-order valence-corrected chi connectivity index (χ1v) is 4.76. The highest BCUT2D eigenvalue weighted by molar-refractivity contribution is 5.86. The van der Waals surface area contributed by atoms with Crippen LogP contribution in [0.25, 0.3) is 0 Å². The minimum atomic E-state index is -1.68. The van der Waals surface area contributed by atoms with Gasteiger partial charge in [-0.3, -0.25) is 0 Å². The maximum absolute atomic E-state index is 13.0. The first kappa shape index (κ1) is 15.3. The molecule has 17 heavy (non-hydrogen) atoms. The summed E-state index contributed by atoms with van der Waals surface area (Å²) in [6.07, 6.45) is -0.912. The molecular formula is C10H15F2NO4. The molecule has 0 saturated heterocycles. The number of hydrogen-bond acceptors (Lipinski definition) is 4. The van der Waals surface area contributed by atoms with Gasteiger partial charge in [0.2, 0.25) is 5.83 Å². The zero-order chi connectivity index (χ0) is 13.6. The first-order valence-electron chi connectivity index (χ1n) is 4.76. The van der Waals surface area contributed by atoms with Gasteiger partial charge in [-0.15, -0.1) is 0 Å². The van der Waals surface area contributed by atoms with Gasteiger partial charge in [-0.25, -0.2) is 14.0 Å². The van der Waals surface area contributed by atoms with Gasteiger partial charge in [-0.2, -0.15) is 4.39 Å². The molecule has 0 heterocycles. The molecule has 5 nitrogen and oxygen atoms in total. The molecule has 0 bridgehead atoms. The molecule has 0 unspecified atom stereocenters. The number of rotatable bonds is 3. The van der Waals surface area contributed by atoms with Crippen molar-refractivity contribution < 1.29 is 27.8 Å². The average Bonchev–Trinajstić information content (AvgIpc) is 2.21. The van der Waals surface area contributed by atoms with E-state index >= 15 is 0 Å². The van der Waals surface area contributed by atoms with Crippen molar-refractivity contribution in [3.05, 3.63) is 11.7 Å². The molecule has 1 N–H and O–H groups in total. The SMILES string of the molecule is COC(=O)/C(F)=C(\F)CNC(=O)OC(C)(C)C. The Morgan fingerprint density at radius 3 is 2.18 bits per heavy atom. The molecule has 0 aliphatic heterocycles. The summed E-state index contributed by atoms with van der Waals surface area (Å²) < 4.78 is 34.5. The summed E-state index contributed by atoms with van der Waals surface area (Å²) in [4.78, 5) is 21.7. The summed E-state index contributed by atoms with van der Waals surface area (Å²) in [5.41, 5.74) is -0.745. The molecule has 7 heteroatoms. The molecule has 0 rings (SSSR count). The van der Waals surface area contributed by atoms with Crippen molar-refractivity contribution in [2.24, 2.45) is 0 Å². The number of nitrogens with one attached hydrogen (secondary N) is 1. The number of halogens is 2. The second-order valence-corrected chi connectivity index (χ2v) is 4.07. The van der Waals surface area contributed by atoms with E-state index in [-0.39, 0.29) is 0 Å². The van der Waals surface area contributed by atoms with Crippen LogP contribution in [0.15, 0.2) is 11.7 Å². The lowest BCUT2D eigenvalue weighted by Gasteiger charge is -2.19. The Bertz CT molecular complexity index is 334. The van der Waals surface area contributed by atoms with E-state index in [1.165, 1.54) is 0 Å². The summed E-state index contributed by atoms with van der Waals surface area (Å²) in [6, 6.07) is 0. The van der Waals surface area contributed by atoms with Gasteiger partial charge in [-0.1, -0.05) is 0 Å². The van der Waals surface area contributed by atoms with Crippen molar-refractivity contribution in [3.63, 3.8) is 0 Å². The third kappa shape index (κ3) is 6.49. The normalized spacial score (nSPS) is 12.6. The molecule has 1 amide bonds. The fourth-order valence-electron chi connectivity index (χ4n) is 0.742. The minimum Gasteiger partial charge on any atom is -0.464 e. The molecule has 0 radical (unpaired) electrons. The number of ether oxygens (including phenoxy) is 2. The number of methoxy groups -OCH3 is 1. The molecule has 0 atom stereocenters. The summed E-state index contributed by atoms with van der Waals surface area (Å²) in [5, 5.41) is 1.96. The Morgan fingerprint density at radius 2 is 1.76 bits per heavy atom. The Labute approximate surface area is 97.8 Å². The predicted octanol–water partition coefficient (Wildman–Crippen LogP) is 1.83. The van der Waals surface area contributed by atoms with E-state index in [2.05, 4.69) is 4.74 Å². The van der Waals surface area contributed by atoms with Gasteiger partial charge in [-0.05, 0) is 20.8 Å². The summed E-state index contributed by atoms with van der Waals surface area (Å²) in [6.45, 7) is 4.07. The zero-order valence-corrected chi connectivity index (χ0v) is 10.1. The third-order valence-electron chi connectivity index (χ3n) is 1.39. The standard InChI is InChI=1S/C10H15F2NO4/c1-10(2,3)17-9(15)13-5-6(11)7(12)8(14)16-4/h5H2,1-4H3,(H,13,15)/b7-6+. The molecular weight excluding hydrogens is 236 g/mol. The fourth-order valence-corrected chi connectivity index (χ4v) is 0.742. The van der Waals surface area contributed by atoms with E-state index in [1.54, 1.807) is 20.8 Å². The lowest BCUT2D eigenvalue weighted by atomic mass is 10.2. The zero-order valence-electron chi connectivity index (χ0n) is 10.1. The van der Waals surface area contributed by atoms with Crippen LogP contribution >= 0.6 is 0 Å². The molecule has 0 fully saturated rings. The van der Waals surface area contributed by atoms with Crippen molar-refractivity contribution in [3.8, 4) is 0 Å². The van der Waals surface area contributed by atoms with Crippen molar-refractivity contribution in [2.75, 3.05) is 13.7 Å². The highest BCUT2D eigenvalue weighted by Crippen LogP contribution is 2.10. The van der Waals surface area contributed by atoms with Gasteiger partial charge >= 0.3 is 12.1 Å². The maximum Gasteiger partial charge on any atom is 0.408 e. The molecule has 0 aliphatic carbocycles. The first-order chi connectivity index (χ1) is 7.67. The molecule has 0 aliphatic rings. The van der Waals surface area contributed by atoms with Crippen LogP contribution in [0.2, 0.25) is 0 Å². The van der Waals surface area contributed by atoms with Crippen LogP contribution < -0.4 is 5.32 Å². The second kappa shape index (κ2) is 6.17. The lowest BCUT2D eigenvalue weighted by molar-refractivity contribution is -0.138. The molecule has 0 aromatic carbocycles. The van der Waals surface area contributed by atoms with Crippen LogP contribution in [-0.2, 0) is 14.3 Å². The Balaban J connectivity index is 4.30.